The van der Waals surface area contributed by atoms with Gasteiger partial charge >= 0.3 is 6.18 Å². The molecule has 0 saturated carbocycles. The van der Waals surface area contributed by atoms with Gasteiger partial charge < -0.3 is 10.2 Å². The van der Waals surface area contributed by atoms with E-state index in [1.807, 2.05) is 6.08 Å². The number of anilines is 1. The van der Waals surface area contributed by atoms with E-state index in [4.69, 9.17) is 11.6 Å². The lowest BCUT2D eigenvalue weighted by molar-refractivity contribution is -0.137. The first-order valence-corrected chi connectivity index (χ1v) is 15.9. The van der Waals surface area contributed by atoms with Crippen molar-refractivity contribution in [2.75, 3.05) is 24.2 Å². The summed E-state index contributed by atoms with van der Waals surface area (Å²) in [4.78, 5) is 15.1. The highest BCUT2D eigenvalue weighted by atomic mass is 35.5. The molecule has 3 aromatic carbocycles. The van der Waals surface area contributed by atoms with Crippen LogP contribution in [0.15, 0.2) is 71.1 Å². The van der Waals surface area contributed by atoms with Crippen LogP contribution in [-0.4, -0.2) is 44.1 Å². The van der Waals surface area contributed by atoms with Gasteiger partial charge in [0.25, 0.3) is 0 Å². The molecule has 0 bridgehead atoms. The van der Waals surface area contributed by atoms with Gasteiger partial charge in [0.15, 0.2) is 9.84 Å². The molecule has 0 radical (unpaired) electrons. The van der Waals surface area contributed by atoms with Gasteiger partial charge in [0, 0.05) is 30.4 Å². The zero-order chi connectivity index (χ0) is 30.7. The molecule has 1 aliphatic rings. The Morgan fingerprint density at radius 1 is 1.00 bits per heavy atom. The highest BCUT2D eigenvalue weighted by molar-refractivity contribution is 7.91. The first-order valence-electron chi connectivity index (χ1n) is 13.8. The topological polar surface area (TPSA) is 66.5 Å². The molecule has 0 unspecified atom stereocenters. The van der Waals surface area contributed by atoms with Crippen LogP contribution >= 0.6 is 11.6 Å². The van der Waals surface area contributed by atoms with Gasteiger partial charge in [0.05, 0.1) is 27.7 Å². The molecule has 0 aliphatic carbocycles. The predicted octanol–water partition coefficient (Wildman–Crippen LogP) is 7.89. The molecule has 42 heavy (non-hydrogen) atoms. The van der Waals surface area contributed by atoms with Crippen LogP contribution in [0.1, 0.15) is 50.3 Å². The van der Waals surface area contributed by atoms with Crippen molar-refractivity contribution < 1.29 is 26.4 Å². The summed E-state index contributed by atoms with van der Waals surface area (Å²) >= 11 is 6.45. The number of carbonyl (C=O) groups is 1. The van der Waals surface area contributed by atoms with E-state index in [1.54, 1.807) is 25.1 Å². The third-order valence-corrected chi connectivity index (χ3v) is 9.52. The Bertz CT molecular complexity index is 1570. The number of sulfone groups is 1. The molecule has 3 aromatic rings. The molecular weight excluding hydrogens is 585 g/mol. The van der Waals surface area contributed by atoms with Gasteiger partial charge in [-0.05, 0) is 73.7 Å². The molecule has 0 atom stereocenters. The molecule has 0 aromatic heterocycles. The van der Waals surface area contributed by atoms with E-state index in [0.717, 1.165) is 31.5 Å². The van der Waals surface area contributed by atoms with E-state index in [1.165, 1.54) is 42.5 Å². The highest BCUT2D eigenvalue weighted by Crippen LogP contribution is 2.41. The molecule has 1 fully saturated rings. The van der Waals surface area contributed by atoms with E-state index in [-0.39, 0.29) is 39.1 Å². The summed E-state index contributed by atoms with van der Waals surface area (Å²) in [7, 11) is -3.34. The van der Waals surface area contributed by atoms with E-state index < -0.39 is 21.6 Å². The molecule has 1 aliphatic heterocycles. The maximum absolute atomic E-state index is 14.2. The number of nitrogens with one attached hydrogen (secondary N) is 1. The van der Waals surface area contributed by atoms with Gasteiger partial charge in [0.1, 0.15) is 0 Å². The zero-order valence-corrected chi connectivity index (χ0v) is 25.3. The number of alkyl halides is 3. The standard InChI is InChI=1S/C32H34ClF3N2O3S/c1-4-42(40,41)26-9-5-22(6-10-26)19-31(39)37-25-8-12-28(30(33)20-25)27-11-7-24(18-29(27)32(34,35)36)17-23-13-15-38(16-14-23)21(2)3/h5-12,17-18,20-21H,4,13-16,19H2,1-3H3,(H,37,39). The van der Waals surface area contributed by atoms with Gasteiger partial charge in [-0.15, -0.1) is 0 Å². The third-order valence-electron chi connectivity index (χ3n) is 7.46. The van der Waals surface area contributed by atoms with Gasteiger partial charge in [-0.1, -0.05) is 60.5 Å². The van der Waals surface area contributed by atoms with E-state index in [9.17, 15) is 26.4 Å². The van der Waals surface area contributed by atoms with Crippen molar-refractivity contribution in [1.82, 2.24) is 4.90 Å². The minimum Gasteiger partial charge on any atom is -0.326 e. The molecule has 5 nitrogen and oxygen atoms in total. The fraction of sp³-hybridized carbons (Fsp3) is 0.344. The second-order valence-corrected chi connectivity index (χ2v) is 13.4. The lowest BCUT2D eigenvalue weighted by Gasteiger charge is -2.31. The number of amides is 1. The average molecular weight is 619 g/mol. The smallest absolute Gasteiger partial charge is 0.326 e. The van der Waals surface area contributed by atoms with Crippen molar-refractivity contribution in [2.24, 2.45) is 0 Å². The van der Waals surface area contributed by atoms with Crippen LogP contribution < -0.4 is 5.32 Å². The number of hydrogen-bond acceptors (Lipinski definition) is 4. The van der Waals surface area contributed by atoms with E-state index in [2.05, 4.69) is 24.1 Å². The SMILES string of the molecule is CCS(=O)(=O)c1ccc(CC(=O)Nc2ccc(-c3ccc(C=C4CCN(C(C)C)CC4)cc3C(F)(F)F)c(Cl)c2)cc1. The Morgan fingerprint density at radius 2 is 1.64 bits per heavy atom. The predicted molar refractivity (Wildman–Crippen MR) is 162 cm³/mol. The maximum atomic E-state index is 14.2. The minimum atomic E-state index is -4.59. The molecule has 4 rings (SSSR count). The summed E-state index contributed by atoms with van der Waals surface area (Å²) in [6.45, 7) is 7.62. The fourth-order valence-electron chi connectivity index (χ4n) is 5.01. The summed E-state index contributed by atoms with van der Waals surface area (Å²) in [6.07, 6.45) is -1.10. The van der Waals surface area contributed by atoms with E-state index in [0.29, 0.717) is 22.9 Å². The van der Waals surface area contributed by atoms with Crippen LogP contribution in [0.5, 0.6) is 0 Å². The molecule has 0 spiro atoms. The quantitative estimate of drug-likeness (QED) is 0.279. The Labute approximate surface area is 250 Å². The normalized spacial score (nSPS) is 14.7. The van der Waals surface area contributed by atoms with E-state index >= 15 is 0 Å². The van der Waals surface area contributed by atoms with Gasteiger partial charge in [0.2, 0.25) is 5.91 Å². The maximum Gasteiger partial charge on any atom is 0.417 e. The summed E-state index contributed by atoms with van der Waals surface area (Å²) < 4.78 is 66.5. The monoisotopic (exact) mass is 618 g/mol. The minimum absolute atomic E-state index is 0.0173. The second-order valence-electron chi connectivity index (χ2n) is 10.7. The highest BCUT2D eigenvalue weighted by Gasteiger charge is 2.34. The van der Waals surface area contributed by atoms with Crippen LogP contribution in [0.4, 0.5) is 18.9 Å². The lowest BCUT2D eigenvalue weighted by atomic mass is 9.94. The average Bonchev–Trinajstić information content (AvgIpc) is 2.93. The fourth-order valence-corrected chi connectivity index (χ4v) is 6.18. The molecule has 1 heterocycles. The largest absolute Gasteiger partial charge is 0.417 e. The lowest BCUT2D eigenvalue weighted by Crippen LogP contribution is -2.36. The number of rotatable bonds is 8. The van der Waals surface area contributed by atoms with Gasteiger partial charge in [-0.2, -0.15) is 13.2 Å². The van der Waals surface area contributed by atoms with Crippen LogP contribution in [-0.2, 0) is 27.2 Å². The van der Waals surface area contributed by atoms with Crippen molar-refractivity contribution in [3.05, 3.63) is 87.9 Å². The molecule has 10 heteroatoms. The van der Waals surface area contributed by atoms with Crippen molar-refractivity contribution in [3.63, 3.8) is 0 Å². The molecule has 1 N–H and O–H groups in total. The number of hydrogen-bond donors (Lipinski definition) is 1. The second kappa shape index (κ2) is 13.0. The van der Waals surface area contributed by atoms with Crippen LogP contribution in [0.25, 0.3) is 17.2 Å². The van der Waals surface area contributed by atoms with Crippen molar-refractivity contribution in [3.8, 4) is 11.1 Å². The first kappa shape index (κ1) is 31.8. The zero-order valence-electron chi connectivity index (χ0n) is 23.8. The van der Waals surface area contributed by atoms with Crippen LogP contribution in [0, 0.1) is 0 Å². The first-order chi connectivity index (χ1) is 19.8. The molecular formula is C32H34ClF3N2O3S. The van der Waals surface area contributed by atoms with Gasteiger partial charge in [-0.3, -0.25) is 4.79 Å². The van der Waals surface area contributed by atoms with Gasteiger partial charge in [-0.25, -0.2) is 8.42 Å². The number of piperidine rings is 1. The summed E-state index contributed by atoms with van der Waals surface area (Å²) in [5, 5.41) is 2.77. The summed E-state index contributed by atoms with van der Waals surface area (Å²) in [5.74, 6) is -0.397. The number of halogens is 4. The third kappa shape index (κ3) is 7.82. The molecule has 1 saturated heterocycles. The number of carbonyl (C=O) groups excluding carboxylic acids is 1. The Balaban J connectivity index is 1.50. The van der Waals surface area contributed by atoms with Crippen molar-refractivity contribution >= 4 is 39.1 Å². The van der Waals surface area contributed by atoms with Crippen molar-refractivity contribution in [2.45, 2.75) is 57.1 Å². The van der Waals surface area contributed by atoms with Crippen molar-refractivity contribution in [1.29, 1.82) is 0 Å². The van der Waals surface area contributed by atoms with Crippen LogP contribution in [0.3, 0.4) is 0 Å². The molecule has 224 valence electrons. The summed E-state index contributed by atoms with van der Waals surface area (Å²) in [6, 6.07) is 15.2. The Kier molecular flexibility index (Phi) is 9.85. The Hall–Kier alpha value is -3.14. The summed E-state index contributed by atoms with van der Waals surface area (Å²) in [5.41, 5.74) is 1.97. The number of nitrogens with zero attached hydrogens (tertiary/aromatic N) is 1. The molecule has 1 amide bonds. The number of benzene rings is 3. The number of likely N-dealkylation sites (tertiary alicyclic amines) is 1. The van der Waals surface area contributed by atoms with Crippen LogP contribution in [0.2, 0.25) is 5.02 Å². The Morgan fingerprint density at radius 3 is 2.21 bits per heavy atom.